The average molecular weight is 307 g/mol. The van der Waals surface area contributed by atoms with Gasteiger partial charge in [-0.3, -0.25) is 4.90 Å². The van der Waals surface area contributed by atoms with Crippen LogP contribution < -0.4 is 5.32 Å². The number of urea groups is 1. The van der Waals surface area contributed by atoms with Crippen LogP contribution in [0.1, 0.15) is 0 Å². The first-order valence-electron chi connectivity index (χ1n) is 7.28. The van der Waals surface area contributed by atoms with Crippen LogP contribution in [0, 0.1) is 0 Å². The van der Waals surface area contributed by atoms with Gasteiger partial charge in [-0.1, -0.05) is 6.07 Å². The van der Waals surface area contributed by atoms with E-state index < -0.39 is 0 Å². The normalized spacial score (nSPS) is 20.1. The highest BCUT2D eigenvalue weighted by atomic mass is 32.2. The van der Waals surface area contributed by atoms with Crippen molar-refractivity contribution < 1.29 is 9.53 Å². The summed E-state index contributed by atoms with van der Waals surface area (Å²) >= 11 is 1.67. The quantitative estimate of drug-likeness (QED) is 0.867. The van der Waals surface area contributed by atoms with Crippen LogP contribution in [0.3, 0.4) is 0 Å². The zero-order valence-corrected chi connectivity index (χ0v) is 13.1. The molecule has 114 valence electrons. The molecule has 5 nitrogen and oxygen atoms in total. The number of likely N-dealkylation sites (tertiary alicyclic amines) is 1. The standard InChI is InChI=1S/C15H21N3O2S/c1-21-14-4-2-3-12(9-14)16-15(19)18-10-13(11-18)17-5-7-20-8-6-17/h2-4,9,13H,5-8,10-11H2,1H3,(H,16,19). The van der Waals surface area contributed by atoms with Crippen molar-refractivity contribution in [1.29, 1.82) is 0 Å². The highest BCUT2D eigenvalue weighted by molar-refractivity contribution is 7.98. The SMILES string of the molecule is CSc1cccc(NC(=O)N2CC(N3CCOCC3)C2)c1. The fourth-order valence-corrected chi connectivity index (χ4v) is 3.16. The van der Waals surface area contributed by atoms with Gasteiger partial charge in [0, 0.05) is 42.8 Å². The molecule has 21 heavy (non-hydrogen) atoms. The van der Waals surface area contributed by atoms with Gasteiger partial charge in [0.25, 0.3) is 0 Å². The summed E-state index contributed by atoms with van der Waals surface area (Å²) in [6, 6.07) is 8.43. The summed E-state index contributed by atoms with van der Waals surface area (Å²) in [5.41, 5.74) is 0.863. The molecule has 1 N–H and O–H groups in total. The average Bonchev–Trinajstić information content (AvgIpc) is 2.47. The highest BCUT2D eigenvalue weighted by Crippen LogP contribution is 2.21. The smallest absolute Gasteiger partial charge is 0.321 e. The van der Waals surface area contributed by atoms with Crippen LogP contribution in [0.2, 0.25) is 0 Å². The molecule has 0 spiro atoms. The third-order valence-corrected chi connectivity index (χ3v) is 4.76. The number of rotatable bonds is 3. The van der Waals surface area contributed by atoms with Gasteiger partial charge in [0.1, 0.15) is 0 Å². The molecule has 1 aromatic carbocycles. The summed E-state index contributed by atoms with van der Waals surface area (Å²) in [4.78, 5) is 17.6. The van der Waals surface area contributed by atoms with Crippen LogP contribution in [0.5, 0.6) is 0 Å². The van der Waals surface area contributed by atoms with Crippen molar-refractivity contribution in [3.63, 3.8) is 0 Å². The Hall–Kier alpha value is -1.24. The van der Waals surface area contributed by atoms with Crippen molar-refractivity contribution in [2.24, 2.45) is 0 Å². The van der Waals surface area contributed by atoms with Gasteiger partial charge in [-0.25, -0.2) is 4.79 Å². The van der Waals surface area contributed by atoms with Crippen molar-refractivity contribution >= 4 is 23.5 Å². The summed E-state index contributed by atoms with van der Waals surface area (Å²) in [5.74, 6) is 0. The number of hydrogen-bond acceptors (Lipinski definition) is 4. The molecular weight excluding hydrogens is 286 g/mol. The van der Waals surface area contributed by atoms with Crippen LogP contribution in [0.4, 0.5) is 10.5 Å². The first-order valence-corrected chi connectivity index (χ1v) is 8.50. The van der Waals surface area contributed by atoms with Gasteiger partial charge in [0.2, 0.25) is 0 Å². The summed E-state index contributed by atoms with van der Waals surface area (Å²) in [5, 5.41) is 2.97. The molecule has 0 saturated carbocycles. The maximum absolute atomic E-state index is 12.2. The molecule has 0 aliphatic carbocycles. The van der Waals surface area contributed by atoms with E-state index >= 15 is 0 Å². The van der Waals surface area contributed by atoms with Crippen LogP contribution in [0.15, 0.2) is 29.2 Å². The minimum Gasteiger partial charge on any atom is -0.379 e. The summed E-state index contributed by atoms with van der Waals surface area (Å²) < 4.78 is 5.36. The lowest BCUT2D eigenvalue weighted by molar-refractivity contribution is -0.0189. The van der Waals surface area contributed by atoms with E-state index in [0.29, 0.717) is 6.04 Å². The molecule has 0 bridgehead atoms. The molecular formula is C15H21N3O2S. The van der Waals surface area contributed by atoms with Gasteiger partial charge in [0.05, 0.1) is 13.2 Å². The van der Waals surface area contributed by atoms with E-state index in [0.717, 1.165) is 50.0 Å². The maximum Gasteiger partial charge on any atom is 0.321 e. The van der Waals surface area contributed by atoms with Crippen LogP contribution in [0.25, 0.3) is 0 Å². The fourth-order valence-electron chi connectivity index (χ4n) is 2.70. The predicted octanol–water partition coefficient (Wildman–Crippen LogP) is 1.96. The van der Waals surface area contributed by atoms with Crippen LogP contribution in [-0.4, -0.2) is 67.5 Å². The number of nitrogens with one attached hydrogen (secondary N) is 1. The molecule has 0 radical (unpaired) electrons. The molecule has 2 amide bonds. The number of carbonyl (C=O) groups excluding carboxylic acids is 1. The van der Waals surface area contributed by atoms with Crippen molar-refractivity contribution in [3.05, 3.63) is 24.3 Å². The molecule has 1 aromatic rings. The number of hydrogen-bond donors (Lipinski definition) is 1. The van der Waals surface area contributed by atoms with Crippen molar-refractivity contribution in [3.8, 4) is 0 Å². The number of amides is 2. The van der Waals surface area contributed by atoms with Crippen molar-refractivity contribution in [1.82, 2.24) is 9.80 Å². The Kier molecular flexibility index (Phi) is 4.67. The molecule has 0 unspecified atom stereocenters. The third-order valence-electron chi connectivity index (χ3n) is 4.03. The summed E-state index contributed by atoms with van der Waals surface area (Å²) in [7, 11) is 0. The second kappa shape index (κ2) is 6.68. The third kappa shape index (κ3) is 3.51. The van der Waals surface area contributed by atoms with Crippen molar-refractivity contribution in [2.45, 2.75) is 10.9 Å². The lowest BCUT2D eigenvalue weighted by atomic mass is 10.1. The Bertz CT molecular complexity index is 499. The molecule has 0 atom stereocenters. The number of anilines is 1. The van der Waals surface area contributed by atoms with E-state index in [1.54, 1.807) is 11.8 Å². The molecule has 6 heteroatoms. The number of ether oxygens (including phenoxy) is 1. The molecule has 2 fully saturated rings. The van der Waals surface area contributed by atoms with E-state index in [4.69, 9.17) is 4.74 Å². The minimum absolute atomic E-state index is 0.00207. The maximum atomic E-state index is 12.2. The fraction of sp³-hybridized carbons (Fsp3) is 0.533. The Morgan fingerprint density at radius 1 is 1.33 bits per heavy atom. The van der Waals surface area contributed by atoms with Gasteiger partial charge >= 0.3 is 6.03 Å². The Balaban J connectivity index is 1.48. The molecule has 2 saturated heterocycles. The number of carbonyl (C=O) groups is 1. The van der Waals surface area contributed by atoms with E-state index in [1.165, 1.54) is 0 Å². The van der Waals surface area contributed by atoms with Gasteiger partial charge in [-0.2, -0.15) is 0 Å². The van der Waals surface area contributed by atoms with E-state index in [-0.39, 0.29) is 6.03 Å². The van der Waals surface area contributed by atoms with E-state index in [9.17, 15) is 4.79 Å². The van der Waals surface area contributed by atoms with Gasteiger partial charge in [-0.15, -0.1) is 11.8 Å². The minimum atomic E-state index is -0.00207. The number of nitrogens with zero attached hydrogens (tertiary/aromatic N) is 2. The first-order chi connectivity index (χ1) is 10.3. The topological polar surface area (TPSA) is 44.8 Å². The van der Waals surface area contributed by atoms with E-state index in [1.807, 2.05) is 35.4 Å². The van der Waals surface area contributed by atoms with Gasteiger partial charge in [-0.05, 0) is 24.5 Å². The second-order valence-corrected chi connectivity index (χ2v) is 6.25. The predicted molar refractivity (Wildman–Crippen MR) is 85.0 cm³/mol. The lowest BCUT2D eigenvalue weighted by Crippen LogP contribution is -2.63. The zero-order valence-electron chi connectivity index (χ0n) is 12.2. The Morgan fingerprint density at radius 2 is 2.10 bits per heavy atom. The zero-order chi connectivity index (χ0) is 14.7. The Labute approximate surface area is 129 Å². The number of thioether (sulfide) groups is 1. The molecule has 3 rings (SSSR count). The second-order valence-electron chi connectivity index (χ2n) is 5.37. The number of benzene rings is 1. The summed E-state index contributed by atoms with van der Waals surface area (Å²) in [6.07, 6.45) is 2.03. The largest absolute Gasteiger partial charge is 0.379 e. The van der Waals surface area contributed by atoms with Gasteiger partial charge < -0.3 is 15.0 Å². The summed E-state index contributed by atoms with van der Waals surface area (Å²) in [6.45, 7) is 5.21. The van der Waals surface area contributed by atoms with Gasteiger partial charge in [0.15, 0.2) is 0 Å². The molecule has 2 aliphatic rings. The van der Waals surface area contributed by atoms with Crippen LogP contribution in [-0.2, 0) is 4.74 Å². The van der Waals surface area contributed by atoms with Crippen LogP contribution >= 0.6 is 11.8 Å². The monoisotopic (exact) mass is 307 g/mol. The van der Waals surface area contributed by atoms with Crippen molar-refractivity contribution in [2.75, 3.05) is 51.0 Å². The highest BCUT2D eigenvalue weighted by Gasteiger charge is 2.35. The Morgan fingerprint density at radius 3 is 2.81 bits per heavy atom. The molecule has 2 aliphatic heterocycles. The first kappa shape index (κ1) is 14.7. The molecule has 0 aromatic heterocycles. The lowest BCUT2D eigenvalue weighted by Gasteiger charge is -2.46. The molecule has 2 heterocycles. The van der Waals surface area contributed by atoms with E-state index in [2.05, 4.69) is 10.2 Å². The number of morpholine rings is 1.